The maximum Gasteiger partial charge on any atom is 0.330 e. The van der Waals surface area contributed by atoms with Gasteiger partial charge < -0.3 is 4.57 Å². The Kier molecular flexibility index (Phi) is 3.70. The molecule has 0 spiro atoms. The summed E-state index contributed by atoms with van der Waals surface area (Å²) in [5.41, 5.74) is 1.85. The molecule has 114 valence electrons. The maximum absolute atomic E-state index is 12.6. The summed E-state index contributed by atoms with van der Waals surface area (Å²) in [5, 5.41) is 0.567. The van der Waals surface area contributed by atoms with Gasteiger partial charge in [0.1, 0.15) is 0 Å². The molecule has 22 heavy (non-hydrogen) atoms. The van der Waals surface area contributed by atoms with E-state index in [0.717, 1.165) is 15.8 Å². The van der Waals surface area contributed by atoms with Gasteiger partial charge in [0.05, 0.1) is 16.6 Å². The first kappa shape index (κ1) is 14.7. The minimum Gasteiger partial charge on any atom is -0.344 e. The molecule has 2 aromatic heterocycles. The highest BCUT2D eigenvalue weighted by atomic mass is 32.1. The highest BCUT2D eigenvalue weighted by molar-refractivity contribution is 7.80. The van der Waals surface area contributed by atoms with Crippen molar-refractivity contribution in [3.05, 3.63) is 57.4 Å². The Morgan fingerprint density at radius 2 is 1.73 bits per heavy atom. The van der Waals surface area contributed by atoms with Crippen molar-refractivity contribution in [1.29, 1.82) is 0 Å². The third-order valence-electron chi connectivity index (χ3n) is 3.90. The summed E-state index contributed by atoms with van der Waals surface area (Å²) in [6, 6.07) is 9.74. The lowest BCUT2D eigenvalue weighted by Gasteiger charge is -2.08. The molecular weight excluding hydrogens is 298 g/mol. The molecule has 0 bridgehead atoms. The molecule has 0 aliphatic carbocycles. The normalized spacial score (nSPS) is 11.2. The average Bonchev–Trinajstić information content (AvgIpc) is 2.91. The van der Waals surface area contributed by atoms with Crippen LogP contribution in [-0.2, 0) is 20.6 Å². The van der Waals surface area contributed by atoms with E-state index in [1.807, 2.05) is 41.1 Å². The largest absolute Gasteiger partial charge is 0.344 e. The van der Waals surface area contributed by atoms with Gasteiger partial charge in [-0.2, -0.15) is 12.6 Å². The van der Waals surface area contributed by atoms with Crippen LogP contribution in [-0.4, -0.2) is 19.5 Å². The summed E-state index contributed by atoms with van der Waals surface area (Å²) in [7, 11) is 3.19. The van der Waals surface area contributed by atoms with E-state index >= 15 is 0 Å². The smallest absolute Gasteiger partial charge is 0.330 e. The third-order valence-corrected chi connectivity index (χ3v) is 4.10. The molecular formula is C16H17N3O2S. The number of hydrogen-bond donors (Lipinski definition) is 1. The summed E-state index contributed by atoms with van der Waals surface area (Å²) in [6.45, 7) is 0.666. The first-order valence-corrected chi connectivity index (χ1v) is 7.64. The van der Waals surface area contributed by atoms with Gasteiger partial charge in [-0.3, -0.25) is 13.9 Å². The summed E-state index contributed by atoms with van der Waals surface area (Å²) in [6.07, 6.45) is 1.86. The van der Waals surface area contributed by atoms with Crippen molar-refractivity contribution in [1.82, 2.24) is 13.7 Å². The molecule has 0 N–H and O–H groups in total. The number of fused-ring (bicyclic) bond motifs is 1. The Balaban J connectivity index is 2.51. The van der Waals surface area contributed by atoms with E-state index in [1.165, 1.54) is 11.6 Å². The van der Waals surface area contributed by atoms with Crippen LogP contribution in [0.2, 0.25) is 0 Å². The van der Waals surface area contributed by atoms with Crippen LogP contribution in [0, 0.1) is 0 Å². The zero-order valence-electron chi connectivity index (χ0n) is 12.5. The van der Waals surface area contributed by atoms with E-state index in [-0.39, 0.29) is 11.2 Å². The van der Waals surface area contributed by atoms with Gasteiger partial charge in [0.15, 0.2) is 0 Å². The van der Waals surface area contributed by atoms with E-state index in [9.17, 15) is 9.59 Å². The Labute approximate surface area is 132 Å². The Hall–Kier alpha value is -2.21. The molecule has 0 aliphatic heterocycles. The molecule has 6 heteroatoms. The average molecular weight is 315 g/mol. The number of hydrogen-bond acceptors (Lipinski definition) is 3. The van der Waals surface area contributed by atoms with Gasteiger partial charge in [-0.05, 0) is 5.56 Å². The number of aromatic nitrogens is 3. The SMILES string of the molecule is Cn1c(=O)c2c(-c3ccccc3)n(CCS)cc2n(C)c1=O. The van der Waals surface area contributed by atoms with E-state index < -0.39 is 0 Å². The maximum atomic E-state index is 12.6. The van der Waals surface area contributed by atoms with Crippen LogP contribution in [0.25, 0.3) is 22.2 Å². The number of nitrogens with zero attached hydrogens (tertiary/aromatic N) is 3. The fourth-order valence-corrected chi connectivity index (χ4v) is 3.00. The predicted octanol–water partition coefficient (Wildman–Crippen LogP) is 1.64. The summed E-state index contributed by atoms with van der Waals surface area (Å²) < 4.78 is 4.66. The van der Waals surface area contributed by atoms with Crippen molar-refractivity contribution in [2.75, 3.05) is 5.75 Å². The third kappa shape index (κ3) is 2.11. The van der Waals surface area contributed by atoms with E-state index in [1.54, 1.807) is 7.05 Å². The summed E-state index contributed by atoms with van der Waals surface area (Å²) >= 11 is 4.29. The molecule has 0 aliphatic rings. The van der Waals surface area contributed by atoms with Crippen molar-refractivity contribution in [3.63, 3.8) is 0 Å². The first-order chi connectivity index (χ1) is 10.6. The monoisotopic (exact) mass is 315 g/mol. The van der Waals surface area contributed by atoms with Crippen LogP contribution in [0.5, 0.6) is 0 Å². The molecule has 3 rings (SSSR count). The van der Waals surface area contributed by atoms with Crippen LogP contribution in [0.3, 0.4) is 0 Å². The number of thiol groups is 1. The van der Waals surface area contributed by atoms with Crippen molar-refractivity contribution in [2.24, 2.45) is 14.1 Å². The van der Waals surface area contributed by atoms with Crippen molar-refractivity contribution >= 4 is 23.5 Å². The topological polar surface area (TPSA) is 48.9 Å². The predicted molar refractivity (Wildman–Crippen MR) is 91.7 cm³/mol. The molecule has 1 aromatic carbocycles. The lowest BCUT2D eigenvalue weighted by atomic mass is 10.1. The van der Waals surface area contributed by atoms with Crippen LogP contribution in [0.15, 0.2) is 46.1 Å². The van der Waals surface area contributed by atoms with Gasteiger partial charge in [-0.1, -0.05) is 30.3 Å². The Bertz CT molecular complexity index is 951. The molecule has 0 unspecified atom stereocenters. The van der Waals surface area contributed by atoms with Gasteiger partial charge in [0, 0.05) is 32.6 Å². The molecule has 0 saturated heterocycles. The fourth-order valence-electron chi connectivity index (χ4n) is 2.78. The molecule has 3 aromatic rings. The van der Waals surface area contributed by atoms with Crippen LogP contribution < -0.4 is 11.2 Å². The minimum atomic E-state index is -0.319. The second-order valence-electron chi connectivity index (χ2n) is 5.23. The van der Waals surface area contributed by atoms with Crippen LogP contribution in [0.1, 0.15) is 0 Å². The zero-order valence-corrected chi connectivity index (χ0v) is 13.4. The van der Waals surface area contributed by atoms with Crippen LogP contribution >= 0.6 is 12.6 Å². The first-order valence-electron chi connectivity index (χ1n) is 7.01. The zero-order chi connectivity index (χ0) is 15.9. The molecule has 0 fully saturated rings. The van der Waals surface area contributed by atoms with E-state index in [0.29, 0.717) is 23.2 Å². The molecule has 2 heterocycles. The molecule has 0 saturated carbocycles. The summed E-state index contributed by atoms with van der Waals surface area (Å²) in [4.78, 5) is 24.8. The van der Waals surface area contributed by atoms with Crippen molar-refractivity contribution < 1.29 is 0 Å². The highest BCUT2D eigenvalue weighted by Crippen LogP contribution is 2.27. The lowest BCUT2D eigenvalue weighted by molar-refractivity contribution is 0.714. The molecule has 5 nitrogen and oxygen atoms in total. The van der Waals surface area contributed by atoms with Crippen molar-refractivity contribution in [2.45, 2.75) is 6.54 Å². The second-order valence-corrected chi connectivity index (χ2v) is 5.67. The number of aryl methyl sites for hydroxylation is 2. The number of benzene rings is 1. The lowest BCUT2D eigenvalue weighted by Crippen LogP contribution is -2.36. The molecule has 0 amide bonds. The number of rotatable bonds is 3. The van der Waals surface area contributed by atoms with E-state index in [4.69, 9.17) is 0 Å². The minimum absolute atomic E-state index is 0.269. The van der Waals surface area contributed by atoms with Crippen molar-refractivity contribution in [3.8, 4) is 11.3 Å². The Morgan fingerprint density at radius 1 is 1.05 bits per heavy atom. The van der Waals surface area contributed by atoms with Crippen LogP contribution in [0.4, 0.5) is 0 Å². The molecule has 0 atom stereocenters. The van der Waals surface area contributed by atoms with Gasteiger partial charge in [-0.15, -0.1) is 0 Å². The van der Waals surface area contributed by atoms with Gasteiger partial charge in [0.25, 0.3) is 5.56 Å². The standard InChI is InChI=1S/C16H17N3O2S/c1-17-12-10-19(8-9-22)14(11-6-4-3-5-7-11)13(12)15(20)18(2)16(17)21/h3-7,10,22H,8-9H2,1-2H3. The highest BCUT2D eigenvalue weighted by Gasteiger charge is 2.18. The molecule has 0 radical (unpaired) electrons. The van der Waals surface area contributed by atoms with E-state index in [2.05, 4.69) is 12.6 Å². The summed E-state index contributed by atoms with van der Waals surface area (Å²) in [5.74, 6) is 0.648. The second kappa shape index (κ2) is 5.53. The van der Waals surface area contributed by atoms with Gasteiger partial charge >= 0.3 is 5.69 Å². The quantitative estimate of drug-likeness (QED) is 0.747. The van der Waals surface area contributed by atoms with Gasteiger partial charge in [0.2, 0.25) is 0 Å². The fraction of sp³-hybridized carbons (Fsp3) is 0.250. The van der Waals surface area contributed by atoms with Gasteiger partial charge in [-0.25, -0.2) is 4.79 Å². The Morgan fingerprint density at radius 3 is 2.36 bits per heavy atom.